The molecule has 1 aliphatic rings. The lowest BCUT2D eigenvalue weighted by Crippen LogP contribution is -2.35. The zero-order chi connectivity index (χ0) is 13.7. The average Bonchev–Trinajstić information content (AvgIpc) is 2.99. The van der Waals surface area contributed by atoms with Gasteiger partial charge in [-0.15, -0.1) is 0 Å². The molecule has 0 amide bonds. The molecule has 1 aromatic heterocycles. The van der Waals surface area contributed by atoms with Gasteiger partial charge in [-0.2, -0.15) is 0 Å². The van der Waals surface area contributed by atoms with Gasteiger partial charge in [-0.25, -0.2) is 4.98 Å². The molecule has 2 heterocycles. The fourth-order valence-electron chi connectivity index (χ4n) is 2.82. The third kappa shape index (κ3) is 4.62. The smallest absolute Gasteiger partial charge is 0.0946 e. The molecule has 1 N–H and O–H groups in total. The Morgan fingerprint density at radius 1 is 1.37 bits per heavy atom. The zero-order valence-corrected chi connectivity index (χ0v) is 12.5. The van der Waals surface area contributed by atoms with Crippen molar-refractivity contribution in [2.45, 2.75) is 39.8 Å². The number of aromatic nitrogens is 2. The van der Waals surface area contributed by atoms with Crippen molar-refractivity contribution in [2.24, 2.45) is 11.8 Å². The molecule has 4 nitrogen and oxygen atoms in total. The van der Waals surface area contributed by atoms with Gasteiger partial charge in [0.15, 0.2) is 0 Å². The van der Waals surface area contributed by atoms with Gasteiger partial charge in [0.2, 0.25) is 0 Å². The van der Waals surface area contributed by atoms with Gasteiger partial charge in [-0.3, -0.25) is 4.90 Å². The van der Waals surface area contributed by atoms with Crippen LogP contribution in [0.2, 0.25) is 0 Å². The van der Waals surface area contributed by atoms with Crippen LogP contribution in [0, 0.1) is 11.8 Å². The molecule has 4 heteroatoms. The fourth-order valence-corrected chi connectivity index (χ4v) is 2.82. The largest absolute Gasteiger partial charge is 0.336 e. The molecule has 1 aliphatic heterocycles. The maximum Gasteiger partial charge on any atom is 0.0946 e. The first-order chi connectivity index (χ1) is 9.15. The minimum atomic E-state index is 0.601. The Bertz CT molecular complexity index is 347. The summed E-state index contributed by atoms with van der Waals surface area (Å²) in [6.45, 7) is 12.7. The van der Waals surface area contributed by atoms with Crippen LogP contribution in [0.15, 0.2) is 18.7 Å². The molecule has 1 aromatic rings. The average molecular weight is 264 g/mol. The van der Waals surface area contributed by atoms with Crippen molar-refractivity contribution >= 4 is 0 Å². The molecule has 2 atom stereocenters. The lowest BCUT2D eigenvalue weighted by molar-refractivity contribution is 0.226. The van der Waals surface area contributed by atoms with Crippen molar-refractivity contribution < 1.29 is 0 Å². The molecule has 108 valence electrons. The molecule has 0 aromatic carbocycles. The highest BCUT2D eigenvalue weighted by atomic mass is 15.2. The first-order valence-electron chi connectivity index (χ1n) is 7.55. The summed E-state index contributed by atoms with van der Waals surface area (Å²) in [6.07, 6.45) is 7.15. The molecule has 0 spiro atoms. The summed E-state index contributed by atoms with van der Waals surface area (Å²) >= 11 is 0. The quantitative estimate of drug-likeness (QED) is 0.816. The Balaban J connectivity index is 1.69. The minimum absolute atomic E-state index is 0.601. The van der Waals surface area contributed by atoms with Crippen LogP contribution in [0.25, 0.3) is 0 Å². The number of hydrogen-bond acceptors (Lipinski definition) is 3. The molecule has 2 unspecified atom stereocenters. The maximum absolute atomic E-state index is 4.11. The van der Waals surface area contributed by atoms with Crippen LogP contribution < -0.4 is 5.32 Å². The Morgan fingerprint density at radius 2 is 2.21 bits per heavy atom. The van der Waals surface area contributed by atoms with E-state index in [1.807, 2.05) is 18.7 Å². The summed E-state index contributed by atoms with van der Waals surface area (Å²) in [7, 11) is 0. The molecule has 2 rings (SSSR count). The van der Waals surface area contributed by atoms with Crippen molar-refractivity contribution in [1.82, 2.24) is 19.8 Å². The van der Waals surface area contributed by atoms with Gasteiger partial charge in [-0.1, -0.05) is 13.8 Å². The van der Waals surface area contributed by atoms with E-state index in [-0.39, 0.29) is 0 Å². The van der Waals surface area contributed by atoms with Gasteiger partial charge in [0.25, 0.3) is 0 Å². The predicted molar refractivity (Wildman–Crippen MR) is 79.1 cm³/mol. The van der Waals surface area contributed by atoms with E-state index in [1.54, 1.807) is 0 Å². The number of nitrogens with one attached hydrogen (secondary N) is 1. The molecule has 0 bridgehead atoms. The lowest BCUT2D eigenvalue weighted by Gasteiger charge is -2.24. The van der Waals surface area contributed by atoms with Crippen LogP contribution in [-0.4, -0.2) is 46.7 Å². The standard InChI is InChI=1S/C15H28N4/c1-13(2)8-17-9-15-4-6-19(11-15)14(3)10-18-7-5-16-12-18/h5,7,12-15,17H,4,6,8-11H2,1-3H3. The van der Waals surface area contributed by atoms with E-state index in [0.29, 0.717) is 6.04 Å². The van der Waals surface area contributed by atoms with Crippen LogP contribution in [-0.2, 0) is 6.54 Å². The summed E-state index contributed by atoms with van der Waals surface area (Å²) in [5.41, 5.74) is 0. The molecule has 0 aliphatic carbocycles. The van der Waals surface area contributed by atoms with Gasteiger partial charge < -0.3 is 9.88 Å². The second-order valence-corrected chi connectivity index (χ2v) is 6.31. The third-order valence-corrected chi connectivity index (χ3v) is 3.96. The molecule has 19 heavy (non-hydrogen) atoms. The summed E-state index contributed by atoms with van der Waals surface area (Å²) in [4.78, 5) is 6.72. The molecule has 0 radical (unpaired) electrons. The van der Waals surface area contributed by atoms with Crippen molar-refractivity contribution in [1.29, 1.82) is 0 Å². The van der Waals surface area contributed by atoms with Crippen LogP contribution in [0.5, 0.6) is 0 Å². The normalized spacial score (nSPS) is 22.2. The first kappa shape index (κ1) is 14.5. The molecule has 1 fully saturated rings. The highest BCUT2D eigenvalue weighted by Crippen LogP contribution is 2.18. The number of rotatable bonds is 7. The van der Waals surface area contributed by atoms with Gasteiger partial charge in [0.05, 0.1) is 6.33 Å². The lowest BCUT2D eigenvalue weighted by atomic mass is 10.1. The van der Waals surface area contributed by atoms with Crippen LogP contribution >= 0.6 is 0 Å². The number of likely N-dealkylation sites (tertiary alicyclic amines) is 1. The van der Waals surface area contributed by atoms with Gasteiger partial charge in [0.1, 0.15) is 0 Å². The van der Waals surface area contributed by atoms with Crippen LogP contribution in [0.1, 0.15) is 27.2 Å². The van der Waals surface area contributed by atoms with E-state index in [2.05, 4.69) is 40.5 Å². The molecule has 0 saturated carbocycles. The zero-order valence-electron chi connectivity index (χ0n) is 12.5. The van der Waals surface area contributed by atoms with Crippen LogP contribution in [0.4, 0.5) is 0 Å². The maximum atomic E-state index is 4.11. The summed E-state index contributed by atoms with van der Waals surface area (Å²) in [5, 5.41) is 3.59. The Labute approximate surface area is 117 Å². The summed E-state index contributed by atoms with van der Waals surface area (Å²) in [5.74, 6) is 1.57. The monoisotopic (exact) mass is 264 g/mol. The van der Waals surface area contributed by atoms with Gasteiger partial charge in [0, 0.05) is 31.5 Å². The number of hydrogen-bond donors (Lipinski definition) is 1. The summed E-state index contributed by atoms with van der Waals surface area (Å²) < 4.78 is 2.18. The molecule has 1 saturated heterocycles. The predicted octanol–water partition coefficient (Wildman–Crippen LogP) is 1.84. The van der Waals surface area contributed by atoms with Gasteiger partial charge >= 0.3 is 0 Å². The second kappa shape index (κ2) is 7.06. The van der Waals surface area contributed by atoms with Gasteiger partial charge in [-0.05, 0) is 44.8 Å². The second-order valence-electron chi connectivity index (χ2n) is 6.31. The highest BCUT2D eigenvalue weighted by molar-refractivity contribution is 4.83. The fraction of sp³-hybridized carbons (Fsp3) is 0.800. The van der Waals surface area contributed by atoms with E-state index in [9.17, 15) is 0 Å². The highest BCUT2D eigenvalue weighted by Gasteiger charge is 2.25. The number of nitrogens with zero attached hydrogens (tertiary/aromatic N) is 3. The van der Waals surface area contributed by atoms with Crippen molar-refractivity contribution in [3.05, 3.63) is 18.7 Å². The number of imidazole rings is 1. The summed E-state index contributed by atoms with van der Waals surface area (Å²) in [6, 6.07) is 0.601. The third-order valence-electron chi connectivity index (χ3n) is 3.96. The van der Waals surface area contributed by atoms with Crippen molar-refractivity contribution in [3.63, 3.8) is 0 Å². The van der Waals surface area contributed by atoms with E-state index in [0.717, 1.165) is 24.9 Å². The Hall–Kier alpha value is -0.870. The Kier molecular flexibility index (Phi) is 5.40. The van der Waals surface area contributed by atoms with Crippen molar-refractivity contribution in [2.75, 3.05) is 26.2 Å². The van der Waals surface area contributed by atoms with E-state index >= 15 is 0 Å². The van der Waals surface area contributed by atoms with E-state index in [1.165, 1.54) is 26.1 Å². The van der Waals surface area contributed by atoms with Crippen LogP contribution in [0.3, 0.4) is 0 Å². The van der Waals surface area contributed by atoms with Crippen molar-refractivity contribution in [3.8, 4) is 0 Å². The Morgan fingerprint density at radius 3 is 2.89 bits per heavy atom. The minimum Gasteiger partial charge on any atom is -0.336 e. The first-order valence-corrected chi connectivity index (χ1v) is 7.55. The molecular formula is C15H28N4. The SMILES string of the molecule is CC(C)CNCC1CCN(C(C)Cn2ccnc2)C1. The topological polar surface area (TPSA) is 33.1 Å². The van der Waals surface area contributed by atoms with E-state index in [4.69, 9.17) is 0 Å². The van der Waals surface area contributed by atoms with E-state index < -0.39 is 0 Å². The molecular weight excluding hydrogens is 236 g/mol.